The van der Waals surface area contributed by atoms with E-state index < -0.39 is 0 Å². The highest BCUT2D eigenvalue weighted by Gasteiger charge is 2.16. The lowest BCUT2D eigenvalue weighted by Crippen LogP contribution is -2.28. The molecule has 0 aromatic heterocycles. The monoisotopic (exact) mass is 189 g/mol. The van der Waals surface area contributed by atoms with Gasteiger partial charge in [0.05, 0.1) is 12.2 Å². The van der Waals surface area contributed by atoms with Gasteiger partial charge in [0.15, 0.2) is 0 Å². The minimum Gasteiger partial charge on any atom is -0.449 e. The van der Waals surface area contributed by atoms with E-state index in [0.29, 0.717) is 19.6 Å². The molecule has 78 valence electrons. The zero-order chi connectivity index (χ0) is 10.3. The highest BCUT2D eigenvalue weighted by atomic mass is 16.5. The minimum absolute atomic E-state index is 0.230. The quantitative estimate of drug-likeness (QED) is 0.713. The summed E-state index contributed by atoms with van der Waals surface area (Å²) in [7, 11) is 1.64. The standard InChI is InChI=1S/C9H19NO3/c1-5-10-8(11)13-7-6-9(2,3)12-4/h5-7H2,1-4H3,(H,10,11). The number of rotatable bonds is 5. The second kappa shape index (κ2) is 5.80. The maximum atomic E-state index is 10.8. The number of alkyl carbamates (subject to hydrolysis) is 1. The molecule has 0 saturated heterocycles. The van der Waals surface area contributed by atoms with Crippen molar-refractivity contribution in [2.75, 3.05) is 20.3 Å². The van der Waals surface area contributed by atoms with Gasteiger partial charge in [-0.3, -0.25) is 0 Å². The van der Waals surface area contributed by atoms with Gasteiger partial charge in [0, 0.05) is 20.1 Å². The summed E-state index contributed by atoms with van der Waals surface area (Å²) in [5.74, 6) is 0. The number of hydrogen-bond donors (Lipinski definition) is 1. The van der Waals surface area contributed by atoms with Gasteiger partial charge in [0.25, 0.3) is 0 Å². The number of ether oxygens (including phenoxy) is 2. The van der Waals surface area contributed by atoms with Crippen molar-refractivity contribution in [3.63, 3.8) is 0 Å². The van der Waals surface area contributed by atoms with Gasteiger partial charge in [-0.25, -0.2) is 4.79 Å². The summed E-state index contributed by atoms with van der Waals surface area (Å²) >= 11 is 0. The maximum Gasteiger partial charge on any atom is 0.407 e. The molecule has 0 unspecified atom stereocenters. The highest BCUT2D eigenvalue weighted by Crippen LogP contribution is 2.12. The van der Waals surface area contributed by atoms with E-state index in [2.05, 4.69) is 5.32 Å². The summed E-state index contributed by atoms with van der Waals surface area (Å²) in [5.41, 5.74) is -0.230. The lowest BCUT2D eigenvalue weighted by Gasteiger charge is -2.22. The Kier molecular flexibility index (Phi) is 5.46. The first-order valence-corrected chi connectivity index (χ1v) is 4.47. The Balaban J connectivity index is 3.50. The van der Waals surface area contributed by atoms with Crippen molar-refractivity contribution < 1.29 is 14.3 Å². The molecule has 0 aromatic rings. The molecular formula is C9H19NO3. The van der Waals surface area contributed by atoms with Crippen molar-refractivity contribution in [1.29, 1.82) is 0 Å². The van der Waals surface area contributed by atoms with Gasteiger partial charge in [-0.1, -0.05) is 0 Å². The van der Waals surface area contributed by atoms with Crippen LogP contribution in [0.3, 0.4) is 0 Å². The van der Waals surface area contributed by atoms with Gasteiger partial charge in [-0.05, 0) is 20.8 Å². The molecule has 0 heterocycles. The molecule has 0 aliphatic heterocycles. The van der Waals surface area contributed by atoms with Crippen LogP contribution in [0.25, 0.3) is 0 Å². The van der Waals surface area contributed by atoms with Crippen molar-refractivity contribution in [2.24, 2.45) is 0 Å². The van der Waals surface area contributed by atoms with E-state index in [0.717, 1.165) is 0 Å². The Morgan fingerprint density at radius 2 is 2.08 bits per heavy atom. The van der Waals surface area contributed by atoms with Gasteiger partial charge in [-0.15, -0.1) is 0 Å². The van der Waals surface area contributed by atoms with Crippen LogP contribution in [0.5, 0.6) is 0 Å². The number of carbonyl (C=O) groups excluding carboxylic acids is 1. The highest BCUT2D eigenvalue weighted by molar-refractivity contribution is 5.66. The molecule has 0 fully saturated rings. The normalized spacial score (nSPS) is 11.1. The molecule has 0 saturated carbocycles. The zero-order valence-corrected chi connectivity index (χ0v) is 8.85. The molecular weight excluding hydrogens is 170 g/mol. The van der Waals surface area contributed by atoms with Crippen LogP contribution in [0.15, 0.2) is 0 Å². The number of hydrogen-bond acceptors (Lipinski definition) is 3. The van der Waals surface area contributed by atoms with Gasteiger partial charge < -0.3 is 14.8 Å². The largest absolute Gasteiger partial charge is 0.449 e. The van der Waals surface area contributed by atoms with E-state index >= 15 is 0 Å². The van der Waals surface area contributed by atoms with E-state index in [1.807, 2.05) is 20.8 Å². The van der Waals surface area contributed by atoms with Gasteiger partial charge in [0.1, 0.15) is 0 Å². The first kappa shape index (κ1) is 12.2. The van der Waals surface area contributed by atoms with Crippen LogP contribution in [-0.2, 0) is 9.47 Å². The smallest absolute Gasteiger partial charge is 0.407 e. The molecule has 0 radical (unpaired) electrons. The van der Waals surface area contributed by atoms with E-state index in [-0.39, 0.29) is 11.7 Å². The first-order valence-electron chi connectivity index (χ1n) is 4.47. The van der Waals surface area contributed by atoms with E-state index in [9.17, 15) is 4.79 Å². The third-order valence-electron chi connectivity index (χ3n) is 1.81. The fraction of sp³-hybridized carbons (Fsp3) is 0.889. The lowest BCUT2D eigenvalue weighted by atomic mass is 10.1. The summed E-state index contributed by atoms with van der Waals surface area (Å²) in [6.07, 6.45) is 0.329. The Morgan fingerprint density at radius 1 is 1.46 bits per heavy atom. The van der Waals surface area contributed by atoms with E-state index in [1.54, 1.807) is 7.11 Å². The summed E-state index contributed by atoms with van der Waals surface area (Å²) < 4.78 is 10.1. The molecule has 4 heteroatoms. The minimum atomic E-state index is -0.366. The number of amides is 1. The molecule has 13 heavy (non-hydrogen) atoms. The average Bonchev–Trinajstić information content (AvgIpc) is 2.05. The van der Waals surface area contributed by atoms with E-state index in [4.69, 9.17) is 9.47 Å². The zero-order valence-electron chi connectivity index (χ0n) is 8.85. The summed E-state index contributed by atoms with van der Waals surface area (Å²) in [5, 5.41) is 2.55. The van der Waals surface area contributed by atoms with Gasteiger partial charge in [-0.2, -0.15) is 0 Å². The van der Waals surface area contributed by atoms with Gasteiger partial charge in [0.2, 0.25) is 0 Å². The molecule has 1 N–H and O–H groups in total. The third kappa shape index (κ3) is 6.40. The number of nitrogens with one attached hydrogen (secondary N) is 1. The van der Waals surface area contributed by atoms with Crippen LogP contribution in [0.2, 0.25) is 0 Å². The van der Waals surface area contributed by atoms with E-state index in [1.165, 1.54) is 0 Å². The van der Waals surface area contributed by atoms with Crippen molar-refractivity contribution in [3.05, 3.63) is 0 Å². The third-order valence-corrected chi connectivity index (χ3v) is 1.81. The number of carbonyl (C=O) groups is 1. The van der Waals surface area contributed by atoms with Crippen LogP contribution in [0.4, 0.5) is 4.79 Å². The predicted molar refractivity (Wildman–Crippen MR) is 50.7 cm³/mol. The molecule has 4 nitrogen and oxygen atoms in total. The molecule has 0 bridgehead atoms. The Hall–Kier alpha value is -0.770. The van der Waals surface area contributed by atoms with Crippen LogP contribution in [0.1, 0.15) is 27.2 Å². The SMILES string of the molecule is CCNC(=O)OCCC(C)(C)OC. The Bertz CT molecular complexity index is 157. The molecule has 0 aliphatic rings. The summed E-state index contributed by atoms with van der Waals surface area (Å²) in [4.78, 5) is 10.8. The second-order valence-corrected chi connectivity index (χ2v) is 3.38. The fourth-order valence-corrected chi connectivity index (χ4v) is 0.687. The fourth-order valence-electron chi connectivity index (χ4n) is 0.687. The van der Waals surface area contributed by atoms with Crippen LogP contribution in [0, 0.1) is 0 Å². The molecule has 0 aromatic carbocycles. The molecule has 0 rings (SSSR count). The molecule has 1 amide bonds. The Morgan fingerprint density at radius 3 is 2.54 bits per heavy atom. The van der Waals surface area contributed by atoms with Crippen LogP contribution in [-0.4, -0.2) is 32.0 Å². The summed E-state index contributed by atoms with van der Waals surface area (Å²) in [6.45, 7) is 6.72. The van der Waals surface area contributed by atoms with Crippen molar-refractivity contribution >= 4 is 6.09 Å². The molecule has 0 aliphatic carbocycles. The first-order chi connectivity index (χ1) is 6.02. The molecule has 0 atom stereocenters. The second-order valence-electron chi connectivity index (χ2n) is 3.38. The van der Waals surface area contributed by atoms with Crippen molar-refractivity contribution in [3.8, 4) is 0 Å². The Labute approximate surface area is 79.6 Å². The van der Waals surface area contributed by atoms with Crippen LogP contribution < -0.4 is 5.32 Å². The topological polar surface area (TPSA) is 47.6 Å². The van der Waals surface area contributed by atoms with Crippen LogP contribution >= 0.6 is 0 Å². The molecule has 0 spiro atoms. The van der Waals surface area contributed by atoms with Crippen molar-refractivity contribution in [2.45, 2.75) is 32.8 Å². The maximum absolute atomic E-state index is 10.8. The van der Waals surface area contributed by atoms with Gasteiger partial charge >= 0.3 is 6.09 Å². The lowest BCUT2D eigenvalue weighted by molar-refractivity contribution is 0.000231. The average molecular weight is 189 g/mol. The van der Waals surface area contributed by atoms with Crippen molar-refractivity contribution in [1.82, 2.24) is 5.32 Å². The summed E-state index contributed by atoms with van der Waals surface area (Å²) in [6, 6.07) is 0. The number of methoxy groups -OCH3 is 1. The predicted octanol–water partition coefficient (Wildman–Crippen LogP) is 1.55.